The van der Waals surface area contributed by atoms with Gasteiger partial charge in [0.15, 0.2) is 5.03 Å². The number of amides is 1. The first kappa shape index (κ1) is 21.6. The van der Waals surface area contributed by atoms with E-state index in [9.17, 15) is 19.7 Å². The van der Waals surface area contributed by atoms with Gasteiger partial charge in [-0.3, -0.25) is 4.79 Å². The van der Waals surface area contributed by atoms with E-state index >= 15 is 0 Å². The van der Waals surface area contributed by atoms with Crippen molar-refractivity contribution in [3.05, 3.63) is 10.1 Å². The maximum Gasteiger partial charge on any atom is 0.328 e. The summed E-state index contributed by atoms with van der Waals surface area (Å²) in [6, 6.07) is -1.37. The van der Waals surface area contributed by atoms with Crippen LogP contribution in [-0.2, 0) is 14.3 Å². The number of hydrogen-bond acceptors (Lipinski definition) is 6. The van der Waals surface area contributed by atoms with E-state index in [1.165, 1.54) is 4.90 Å². The summed E-state index contributed by atoms with van der Waals surface area (Å²) in [5.74, 6) is -0.660. The molecular weight excluding hydrogens is 344 g/mol. The van der Waals surface area contributed by atoms with Gasteiger partial charge in [0.2, 0.25) is 5.91 Å². The van der Waals surface area contributed by atoms with Gasteiger partial charge in [-0.25, -0.2) is 14.9 Å². The van der Waals surface area contributed by atoms with Crippen molar-refractivity contribution in [2.45, 2.75) is 51.6 Å². The average molecular weight is 372 g/mol. The summed E-state index contributed by atoms with van der Waals surface area (Å²) in [5.41, 5.74) is 11.3. The predicted molar refractivity (Wildman–Crippen MR) is 94.4 cm³/mol. The van der Waals surface area contributed by atoms with E-state index in [4.69, 9.17) is 16.2 Å². The lowest BCUT2D eigenvalue weighted by Gasteiger charge is -2.38. The van der Waals surface area contributed by atoms with E-state index in [-0.39, 0.29) is 18.5 Å². The second-order valence-electron chi connectivity index (χ2n) is 6.33. The summed E-state index contributed by atoms with van der Waals surface area (Å²) in [6.07, 6.45) is 2.19. The van der Waals surface area contributed by atoms with E-state index in [0.717, 1.165) is 6.42 Å². The zero-order chi connectivity index (χ0) is 19.7. The van der Waals surface area contributed by atoms with Crippen LogP contribution >= 0.6 is 0 Å². The summed E-state index contributed by atoms with van der Waals surface area (Å²) in [6.45, 7) is 4.79. The van der Waals surface area contributed by atoms with Crippen molar-refractivity contribution in [1.82, 2.24) is 10.2 Å². The third-order valence-electron chi connectivity index (χ3n) is 4.21. The SMILES string of the molecule is CCOC(=O)[C@@H]1C[C@H](C)CCN1C(=O)[C@@H](N)CCCN/C(N)=N\[N+](=O)[O-]. The van der Waals surface area contributed by atoms with Crippen LogP contribution in [0.5, 0.6) is 0 Å². The van der Waals surface area contributed by atoms with Gasteiger partial charge in [0, 0.05) is 13.1 Å². The van der Waals surface area contributed by atoms with Crippen molar-refractivity contribution in [3.63, 3.8) is 0 Å². The highest BCUT2D eigenvalue weighted by molar-refractivity contribution is 5.87. The number of esters is 1. The molecule has 0 aliphatic carbocycles. The molecule has 1 rings (SSSR count). The monoisotopic (exact) mass is 372 g/mol. The second kappa shape index (κ2) is 10.5. The fourth-order valence-electron chi connectivity index (χ4n) is 2.87. The zero-order valence-electron chi connectivity index (χ0n) is 15.2. The Hall–Kier alpha value is -2.43. The molecule has 0 aromatic rings. The van der Waals surface area contributed by atoms with Gasteiger partial charge in [-0.1, -0.05) is 6.92 Å². The molecule has 1 aliphatic heterocycles. The first-order valence-electron chi connectivity index (χ1n) is 8.71. The Kier molecular flexibility index (Phi) is 8.76. The zero-order valence-corrected chi connectivity index (χ0v) is 15.2. The standard InChI is InChI=1S/C15H28N6O5/c1-3-26-14(23)12-9-10(2)6-8-20(12)13(22)11(16)5-4-7-18-15(17)19-21(24)25/h10-12H,3-9,16H2,1-2H3,(H3,17,18,19)/t10-,11+,12+/m1/s1. The number of rotatable bonds is 8. The summed E-state index contributed by atoms with van der Waals surface area (Å²) < 4.78 is 5.08. The van der Waals surface area contributed by atoms with Crippen LogP contribution < -0.4 is 16.8 Å². The Morgan fingerprint density at radius 1 is 1.50 bits per heavy atom. The minimum Gasteiger partial charge on any atom is -0.464 e. The first-order valence-corrected chi connectivity index (χ1v) is 8.71. The highest BCUT2D eigenvalue weighted by atomic mass is 16.7. The van der Waals surface area contributed by atoms with E-state index in [2.05, 4.69) is 10.4 Å². The van der Waals surface area contributed by atoms with E-state index in [1.807, 2.05) is 6.92 Å². The minimum atomic E-state index is -0.898. The summed E-state index contributed by atoms with van der Waals surface area (Å²) in [4.78, 5) is 36.5. The number of nitrogens with one attached hydrogen (secondary N) is 1. The van der Waals surface area contributed by atoms with Gasteiger partial charge in [0.05, 0.1) is 12.6 Å². The molecule has 1 heterocycles. The normalized spacial score (nSPS) is 21.8. The van der Waals surface area contributed by atoms with Crippen LogP contribution in [0.3, 0.4) is 0 Å². The quantitative estimate of drug-likeness (QED) is 0.127. The predicted octanol–water partition coefficient (Wildman–Crippen LogP) is -0.620. The van der Waals surface area contributed by atoms with Crippen molar-refractivity contribution in [3.8, 4) is 0 Å². The highest BCUT2D eigenvalue weighted by Crippen LogP contribution is 2.24. The smallest absolute Gasteiger partial charge is 0.328 e. The van der Waals surface area contributed by atoms with Crippen LogP contribution in [-0.4, -0.2) is 59.5 Å². The fraction of sp³-hybridized carbons (Fsp3) is 0.800. The van der Waals surface area contributed by atoms with Crippen LogP contribution in [0.15, 0.2) is 5.10 Å². The van der Waals surface area contributed by atoms with Crippen molar-refractivity contribution in [1.29, 1.82) is 0 Å². The van der Waals surface area contributed by atoms with Gasteiger partial charge in [-0.05, 0) is 38.5 Å². The number of hydrogen-bond donors (Lipinski definition) is 3. The molecule has 26 heavy (non-hydrogen) atoms. The summed E-state index contributed by atoms with van der Waals surface area (Å²) in [5, 5.41) is 14.7. The molecule has 1 amide bonds. The number of piperidine rings is 1. The molecule has 5 N–H and O–H groups in total. The molecule has 0 bridgehead atoms. The van der Waals surface area contributed by atoms with Gasteiger partial charge in [-0.2, -0.15) is 0 Å². The summed E-state index contributed by atoms with van der Waals surface area (Å²) >= 11 is 0. The Labute approximate surface area is 152 Å². The maximum absolute atomic E-state index is 12.6. The van der Waals surface area contributed by atoms with Crippen LogP contribution in [0.4, 0.5) is 0 Å². The lowest BCUT2D eigenvalue weighted by Crippen LogP contribution is -2.55. The maximum atomic E-state index is 12.6. The topological polar surface area (TPSA) is 166 Å². The van der Waals surface area contributed by atoms with Gasteiger partial charge < -0.3 is 26.4 Å². The van der Waals surface area contributed by atoms with Crippen molar-refractivity contribution >= 4 is 17.8 Å². The Bertz CT molecular complexity index is 541. The Morgan fingerprint density at radius 2 is 2.19 bits per heavy atom. The molecule has 3 atom stereocenters. The molecule has 0 radical (unpaired) electrons. The number of ether oxygens (including phenoxy) is 1. The number of hydrazone groups is 1. The third-order valence-corrected chi connectivity index (χ3v) is 4.21. The molecule has 0 aromatic heterocycles. The molecular formula is C15H28N6O5. The average Bonchev–Trinajstić information content (AvgIpc) is 2.57. The first-order chi connectivity index (χ1) is 12.3. The number of carbonyl (C=O) groups is 2. The molecule has 0 unspecified atom stereocenters. The molecule has 148 valence electrons. The number of nitro groups is 1. The molecule has 0 spiro atoms. The van der Waals surface area contributed by atoms with Crippen molar-refractivity contribution < 1.29 is 19.4 Å². The minimum absolute atomic E-state index is 0.261. The number of guanidine groups is 1. The van der Waals surface area contributed by atoms with Gasteiger partial charge in [0.1, 0.15) is 11.1 Å². The number of carbonyl (C=O) groups excluding carboxylic acids is 2. The van der Waals surface area contributed by atoms with Gasteiger partial charge >= 0.3 is 5.97 Å². The van der Waals surface area contributed by atoms with E-state index in [0.29, 0.717) is 38.3 Å². The van der Waals surface area contributed by atoms with Gasteiger partial charge in [0.25, 0.3) is 5.96 Å². The lowest BCUT2D eigenvalue weighted by atomic mass is 9.91. The highest BCUT2D eigenvalue weighted by Gasteiger charge is 2.37. The van der Waals surface area contributed by atoms with Crippen LogP contribution in [0.25, 0.3) is 0 Å². The molecule has 0 aromatic carbocycles. The molecule has 11 heteroatoms. The second-order valence-corrected chi connectivity index (χ2v) is 6.33. The lowest BCUT2D eigenvalue weighted by molar-refractivity contribution is -0.485. The summed E-state index contributed by atoms with van der Waals surface area (Å²) in [7, 11) is 0. The number of nitrogens with two attached hydrogens (primary N) is 2. The molecule has 11 nitrogen and oxygen atoms in total. The van der Waals surface area contributed by atoms with Gasteiger partial charge in [-0.15, -0.1) is 0 Å². The largest absolute Gasteiger partial charge is 0.464 e. The van der Waals surface area contributed by atoms with Crippen molar-refractivity contribution in [2.75, 3.05) is 19.7 Å². The molecule has 1 saturated heterocycles. The fourth-order valence-corrected chi connectivity index (χ4v) is 2.87. The van der Waals surface area contributed by atoms with Crippen LogP contribution in [0.2, 0.25) is 0 Å². The molecule has 1 aliphatic rings. The van der Waals surface area contributed by atoms with E-state index in [1.54, 1.807) is 6.92 Å². The van der Waals surface area contributed by atoms with Crippen LogP contribution in [0.1, 0.15) is 39.5 Å². The van der Waals surface area contributed by atoms with E-state index < -0.39 is 23.1 Å². The molecule has 0 saturated carbocycles. The number of likely N-dealkylation sites (tertiary alicyclic amines) is 1. The molecule has 1 fully saturated rings. The van der Waals surface area contributed by atoms with Crippen LogP contribution in [0, 0.1) is 16.0 Å². The number of nitrogens with zero attached hydrogens (tertiary/aromatic N) is 3. The Morgan fingerprint density at radius 3 is 2.81 bits per heavy atom. The third kappa shape index (κ3) is 6.82. The van der Waals surface area contributed by atoms with Crippen molar-refractivity contribution in [2.24, 2.45) is 22.5 Å². The Balaban J connectivity index is 2.54.